The maximum atomic E-state index is 13.9. The number of benzene rings is 1. The van der Waals surface area contributed by atoms with E-state index in [1.54, 1.807) is 7.05 Å². The molecule has 0 aliphatic heterocycles. The average Bonchev–Trinajstić information content (AvgIpc) is 2.44. The second-order valence-electron chi connectivity index (χ2n) is 4.76. The van der Waals surface area contributed by atoms with E-state index >= 15 is 0 Å². The molecule has 112 valence electrons. The molecule has 0 spiro atoms. The van der Waals surface area contributed by atoms with Gasteiger partial charge in [0.2, 0.25) is 0 Å². The number of rotatable bonds is 4. The monoisotopic (exact) mass is 356 g/mol. The third-order valence-electron chi connectivity index (χ3n) is 2.96. The Bertz CT molecular complexity index is 662. The molecule has 0 radical (unpaired) electrons. The molecule has 0 saturated heterocycles. The van der Waals surface area contributed by atoms with Crippen molar-refractivity contribution in [2.24, 2.45) is 0 Å². The van der Waals surface area contributed by atoms with Gasteiger partial charge < -0.3 is 10.6 Å². The highest BCUT2D eigenvalue weighted by Gasteiger charge is 2.16. The highest BCUT2D eigenvalue weighted by molar-refractivity contribution is 9.10. The van der Waals surface area contributed by atoms with Gasteiger partial charge in [-0.05, 0) is 27.9 Å². The Morgan fingerprint density at radius 1 is 1.10 bits per heavy atom. The van der Waals surface area contributed by atoms with Crippen LogP contribution in [0.1, 0.15) is 25.3 Å². The third kappa shape index (κ3) is 3.29. The molecule has 0 bridgehead atoms. The van der Waals surface area contributed by atoms with Crippen LogP contribution in [0.5, 0.6) is 0 Å². The molecule has 0 aliphatic rings. The van der Waals surface area contributed by atoms with Gasteiger partial charge in [0.15, 0.2) is 0 Å². The molecule has 2 N–H and O–H groups in total. The maximum Gasteiger partial charge on any atom is 0.148 e. The Balaban J connectivity index is 2.47. The van der Waals surface area contributed by atoms with Gasteiger partial charge in [0, 0.05) is 18.7 Å². The van der Waals surface area contributed by atoms with Crippen molar-refractivity contribution in [2.75, 3.05) is 17.7 Å². The van der Waals surface area contributed by atoms with Gasteiger partial charge in [0.05, 0.1) is 10.2 Å². The number of halogens is 3. The molecule has 1 heterocycles. The van der Waals surface area contributed by atoms with Crippen LogP contribution in [0.15, 0.2) is 22.9 Å². The first-order chi connectivity index (χ1) is 9.93. The fraction of sp³-hybridized carbons (Fsp3) is 0.286. The molecule has 7 heteroatoms. The lowest BCUT2D eigenvalue weighted by Gasteiger charge is -2.17. The van der Waals surface area contributed by atoms with Crippen LogP contribution in [0.25, 0.3) is 0 Å². The summed E-state index contributed by atoms with van der Waals surface area (Å²) in [7, 11) is 1.75. The molecule has 2 rings (SSSR count). The van der Waals surface area contributed by atoms with E-state index in [0.29, 0.717) is 11.6 Å². The number of aromatic nitrogens is 2. The minimum Gasteiger partial charge on any atom is -0.373 e. The average molecular weight is 357 g/mol. The zero-order chi connectivity index (χ0) is 15.6. The van der Waals surface area contributed by atoms with Gasteiger partial charge in [-0.3, -0.25) is 0 Å². The summed E-state index contributed by atoms with van der Waals surface area (Å²) in [5.74, 6) is 0.0977. The van der Waals surface area contributed by atoms with Crippen LogP contribution < -0.4 is 10.6 Å². The summed E-state index contributed by atoms with van der Waals surface area (Å²) >= 11 is 2.95. The topological polar surface area (TPSA) is 49.8 Å². The molecular formula is C14H15BrF2N4. The van der Waals surface area contributed by atoms with Crippen molar-refractivity contribution in [3.63, 3.8) is 0 Å². The van der Waals surface area contributed by atoms with Crippen molar-refractivity contribution < 1.29 is 8.78 Å². The largest absolute Gasteiger partial charge is 0.373 e. The first kappa shape index (κ1) is 15.6. The smallest absolute Gasteiger partial charge is 0.148 e. The van der Waals surface area contributed by atoms with Gasteiger partial charge in [-0.2, -0.15) is 0 Å². The molecule has 0 atom stereocenters. The van der Waals surface area contributed by atoms with Gasteiger partial charge >= 0.3 is 0 Å². The van der Waals surface area contributed by atoms with Crippen molar-refractivity contribution in [1.82, 2.24) is 9.97 Å². The molecule has 1 aromatic heterocycles. The first-order valence-electron chi connectivity index (χ1n) is 6.38. The lowest BCUT2D eigenvalue weighted by Crippen LogP contribution is -2.07. The number of nitrogens with zero attached hydrogens (tertiary/aromatic N) is 2. The van der Waals surface area contributed by atoms with Gasteiger partial charge in [-0.25, -0.2) is 18.7 Å². The Kier molecular flexibility index (Phi) is 4.72. The predicted octanol–water partition coefficient (Wildman–Crippen LogP) is 4.43. The van der Waals surface area contributed by atoms with E-state index < -0.39 is 11.6 Å². The van der Waals surface area contributed by atoms with Crippen LogP contribution in [-0.4, -0.2) is 17.0 Å². The van der Waals surface area contributed by atoms with Crippen LogP contribution >= 0.6 is 15.9 Å². The summed E-state index contributed by atoms with van der Waals surface area (Å²) in [5, 5.41) is 5.81. The van der Waals surface area contributed by atoms with Crippen LogP contribution in [-0.2, 0) is 0 Å². The zero-order valence-electron chi connectivity index (χ0n) is 11.8. The first-order valence-corrected chi connectivity index (χ1v) is 7.17. The van der Waals surface area contributed by atoms with Crippen LogP contribution in [0.4, 0.5) is 26.1 Å². The lowest BCUT2D eigenvalue weighted by atomic mass is 10.0. The van der Waals surface area contributed by atoms with Crippen LogP contribution in [0.3, 0.4) is 0 Å². The van der Waals surface area contributed by atoms with Gasteiger partial charge in [0.25, 0.3) is 0 Å². The molecule has 0 saturated carbocycles. The van der Waals surface area contributed by atoms with Gasteiger partial charge in [0.1, 0.15) is 29.6 Å². The fourth-order valence-electron chi connectivity index (χ4n) is 1.99. The molecule has 0 aliphatic carbocycles. The summed E-state index contributed by atoms with van der Waals surface area (Å²) in [6, 6.07) is 2.16. The highest BCUT2D eigenvalue weighted by atomic mass is 79.9. The van der Waals surface area contributed by atoms with E-state index in [9.17, 15) is 8.78 Å². The SMILES string of the molecule is CNc1ncnc(Nc2cc(F)c(Br)cc2F)c1C(C)C. The van der Waals surface area contributed by atoms with E-state index in [4.69, 9.17) is 0 Å². The Labute approximate surface area is 130 Å². The fourth-order valence-corrected chi connectivity index (χ4v) is 2.30. The zero-order valence-corrected chi connectivity index (χ0v) is 13.4. The summed E-state index contributed by atoms with van der Waals surface area (Å²) in [4.78, 5) is 8.27. The van der Waals surface area contributed by atoms with E-state index in [-0.39, 0.29) is 16.1 Å². The molecule has 4 nitrogen and oxygen atoms in total. The van der Waals surface area contributed by atoms with E-state index in [2.05, 4.69) is 36.5 Å². The minimum atomic E-state index is -0.567. The standard InChI is InChI=1S/C14H15BrF2N4/c1-7(2)12-13(18-3)19-6-20-14(12)21-11-5-9(16)8(15)4-10(11)17/h4-7H,1-3H3,(H2,18,19,20,21). The van der Waals surface area contributed by atoms with Crippen molar-refractivity contribution in [2.45, 2.75) is 19.8 Å². The maximum absolute atomic E-state index is 13.9. The van der Waals surface area contributed by atoms with Gasteiger partial charge in [-0.1, -0.05) is 13.8 Å². The highest BCUT2D eigenvalue weighted by Crippen LogP contribution is 2.32. The predicted molar refractivity (Wildman–Crippen MR) is 83.0 cm³/mol. The van der Waals surface area contributed by atoms with E-state index in [0.717, 1.165) is 17.7 Å². The summed E-state index contributed by atoms with van der Waals surface area (Å²) < 4.78 is 27.6. The normalized spacial score (nSPS) is 10.8. The van der Waals surface area contributed by atoms with Crippen molar-refractivity contribution in [1.29, 1.82) is 0 Å². The van der Waals surface area contributed by atoms with Crippen molar-refractivity contribution in [3.05, 3.63) is 40.1 Å². The quantitative estimate of drug-likeness (QED) is 0.795. The Morgan fingerprint density at radius 3 is 2.38 bits per heavy atom. The van der Waals surface area contributed by atoms with E-state index in [1.807, 2.05) is 13.8 Å². The molecular weight excluding hydrogens is 342 g/mol. The second-order valence-corrected chi connectivity index (χ2v) is 5.61. The molecule has 0 amide bonds. The molecule has 0 unspecified atom stereocenters. The summed E-state index contributed by atoms with van der Waals surface area (Å²) in [6.45, 7) is 3.95. The third-order valence-corrected chi connectivity index (χ3v) is 3.57. The minimum absolute atomic E-state index is 0.0263. The van der Waals surface area contributed by atoms with Crippen molar-refractivity contribution >= 4 is 33.3 Å². The second kappa shape index (κ2) is 6.34. The van der Waals surface area contributed by atoms with Crippen molar-refractivity contribution in [3.8, 4) is 0 Å². The lowest BCUT2D eigenvalue weighted by molar-refractivity contribution is 0.597. The molecule has 21 heavy (non-hydrogen) atoms. The number of anilines is 3. The summed E-state index contributed by atoms with van der Waals surface area (Å²) in [6.07, 6.45) is 1.37. The number of hydrogen-bond acceptors (Lipinski definition) is 4. The molecule has 2 aromatic rings. The molecule has 1 aromatic carbocycles. The van der Waals surface area contributed by atoms with Crippen LogP contribution in [0, 0.1) is 11.6 Å². The molecule has 0 fully saturated rings. The Hall–Kier alpha value is -1.76. The van der Waals surface area contributed by atoms with Crippen LogP contribution in [0.2, 0.25) is 0 Å². The number of nitrogens with one attached hydrogen (secondary N) is 2. The van der Waals surface area contributed by atoms with E-state index in [1.165, 1.54) is 6.33 Å². The summed E-state index contributed by atoms with van der Waals surface area (Å²) in [5.41, 5.74) is 0.834. The Morgan fingerprint density at radius 2 is 1.76 bits per heavy atom. The van der Waals surface area contributed by atoms with Gasteiger partial charge in [-0.15, -0.1) is 0 Å². The number of hydrogen-bond donors (Lipinski definition) is 2.